The second kappa shape index (κ2) is 5.01. The molecule has 0 bridgehead atoms. The Balaban J connectivity index is 2.01. The summed E-state index contributed by atoms with van der Waals surface area (Å²) in [5.74, 6) is 0.825. The second-order valence-electron chi connectivity index (χ2n) is 4.81. The van der Waals surface area contributed by atoms with Gasteiger partial charge in [-0.15, -0.1) is 0 Å². The average Bonchev–Trinajstić information content (AvgIpc) is 2.89. The molecule has 2 heterocycles. The zero-order valence-corrected chi connectivity index (χ0v) is 11.8. The Hall–Kier alpha value is -2.70. The first kappa shape index (κ1) is 13.3. The van der Waals surface area contributed by atoms with Crippen molar-refractivity contribution in [2.75, 3.05) is 23.8 Å². The van der Waals surface area contributed by atoms with Crippen molar-refractivity contribution in [1.82, 2.24) is 15.0 Å². The molecule has 2 N–H and O–H groups in total. The Labute approximate surface area is 121 Å². The summed E-state index contributed by atoms with van der Waals surface area (Å²) in [4.78, 5) is 25.9. The Morgan fingerprint density at radius 3 is 2.86 bits per heavy atom. The third-order valence-electron chi connectivity index (χ3n) is 3.42. The number of carbonyl (C=O) groups is 1. The third-order valence-corrected chi connectivity index (χ3v) is 3.42. The van der Waals surface area contributed by atoms with Gasteiger partial charge in [0.15, 0.2) is 0 Å². The van der Waals surface area contributed by atoms with Crippen molar-refractivity contribution in [2.24, 2.45) is 0 Å². The summed E-state index contributed by atoms with van der Waals surface area (Å²) in [7, 11) is 1.76. The van der Waals surface area contributed by atoms with Crippen LogP contribution < -0.4 is 10.2 Å². The number of aromatic nitrogens is 3. The third kappa shape index (κ3) is 2.37. The molecule has 0 saturated carbocycles. The summed E-state index contributed by atoms with van der Waals surface area (Å²) in [5.41, 5.74) is 2.25. The summed E-state index contributed by atoms with van der Waals surface area (Å²) < 4.78 is 0. The maximum Gasteiger partial charge on any atom is 0.335 e. The van der Waals surface area contributed by atoms with E-state index in [1.807, 2.05) is 17.9 Å². The number of nitrogens with zero attached hydrogens (tertiary/aromatic N) is 4. The van der Waals surface area contributed by atoms with E-state index >= 15 is 0 Å². The van der Waals surface area contributed by atoms with Gasteiger partial charge in [-0.2, -0.15) is 15.0 Å². The Morgan fingerprint density at radius 2 is 2.14 bits per heavy atom. The maximum atomic E-state index is 11.0. The van der Waals surface area contributed by atoms with E-state index in [2.05, 4.69) is 20.3 Å². The lowest BCUT2D eigenvalue weighted by Gasteiger charge is -2.18. The van der Waals surface area contributed by atoms with Crippen LogP contribution in [0.25, 0.3) is 0 Å². The first-order chi connectivity index (χ1) is 10.1. The number of carboxylic acid groups (broad SMARTS) is 1. The number of anilines is 3. The molecule has 0 spiro atoms. The van der Waals surface area contributed by atoms with Crippen LogP contribution in [0.4, 0.5) is 17.6 Å². The molecule has 1 aliphatic heterocycles. The highest BCUT2D eigenvalue weighted by molar-refractivity contribution is 5.89. The minimum atomic E-state index is -0.912. The van der Waals surface area contributed by atoms with Gasteiger partial charge in [0.25, 0.3) is 0 Å². The van der Waals surface area contributed by atoms with Gasteiger partial charge in [-0.3, -0.25) is 0 Å². The monoisotopic (exact) mass is 285 g/mol. The van der Waals surface area contributed by atoms with Gasteiger partial charge in [-0.1, -0.05) is 0 Å². The van der Waals surface area contributed by atoms with Crippen LogP contribution in [0.5, 0.6) is 0 Å². The highest BCUT2D eigenvalue weighted by atomic mass is 16.4. The molecule has 108 valence electrons. The molecular weight excluding hydrogens is 270 g/mol. The predicted molar refractivity (Wildman–Crippen MR) is 78.2 cm³/mol. The number of carboxylic acids is 1. The molecule has 0 unspecified atom stereocenters. The largest absolute Gasteiger partial charge is 0.478 e. The molecule has 21 heavy (non-hydrogen) atoms. The van der Waals surface area contributed by atoms with Crippen LogP contribution in [0.15, 0.2) is 18.2 Å². The zero-order chi connectivity index (χ0) is 15.0. The summed E-state index contributed by atoms with van der Waals surface area (Å²) in [6, 6.07) is 5.13. The van der Waals surface area contributed by atoms with Gasteiger partial charge in [0.1, 0.15) is 5.82 Å². The van der Waals surface area contributed by atoms with Crippen molar-refractivity contribution in [3.8, 4) is 0 Å². The number of fused-ring (bicyclic) bond motifs is 1. The van der Waals surface area contributed by atoms with Crippen LogP contribution in [0.3, 0.4) is 0 Å². The lowest BCUT2D eigenvalue weighted by molar-refractivity contribution is 0.0697. The number of hydrogen-bond acceptors (Lipinski definition) is 6. The predicted octanol–water partition coefficient (Wildman–Crippen LogP) is 1.61. The van der Waals surface area contributed by atoms with Gasteiger partial charge in [0.05, 0.1) is 5.56 Å². The van der Waals surface area contributed by atoms with Crippen molar-refractivity contribution in [1.29, 1.82) is 0 Å². The molecule has 0 amide bonds. The summed E-state index contributed by atoms with van der Waals surface area (Å²) in [5, 5.41) is 12.0. The van der Waals surface area contributed by atoms with Gasteiger partial charge in [0, 0.05) is 19.3 Å². The summed E-state index contributed by atoms with van der Waals surface area (Å²) in [6.45, 7) is 2.54. The van der Waals surface area contributed by atoms with Gasteiger partial charge in [0.2, 0.25) is 11.9 Å². The smallest absolute Gasteiger partial charge is 0.335 e. The molecule has 3 rings (SSSR count). The Kier molecular flexibility index (Phi) is 3.17. The number of aryl methyl sites for hydroxylation is 1. The standard InChI is InChI=1S/C14H15N5O2/c1-8-16-13(15-2)18-14(17-8)19-6-5-9-7-10(12(20)21)3-4-11(9)19/h3-4,7H,5-6H2,1-2H3,(H,20,21)(H,15,16,17,18). The zero-order valence-electron chi connectivity index (χ0n) is 11.8. The van der Waals surface area contributed by atoms with Gasteiger partial charge in [-0.25, -0.2) is 4.79 Å². The summed E-state index contributed by atoms with van der Waals surface area (Å²) in [6.07, 6.45) is 0.774. The normalized spacial score (nSPS) is 13.1. The van der Waals surface area contributed by atoms with Crippen LogP contribution in [-0.4, -0.2) is 39.6 Å². The first-order valence-electron chi connectivity index (χ1n) is 6.62. The van der Waals surface area contributed by atoms with E-state index in [1.54, 1.807) is 19.2 Å². The molecule has 1 aromatic heterocycles. The van der Waals surface area contributed by atoms with Gasteiger partial charge < -0.3 is 15.3 Å². The highest BCUT2D eigenvalue weighted by Gasteiger charge is 2.24. The molecular formula is C14H15N5O2. The fourth-order valence-electron chi connectivity index (χ4n) is 2.44. The van der Waals surface area contributed by atoms with E-state index in [1.165, 1.54) is 0 Å². The minimum absolute atomic E-state index is 0.304. The molecule has 2 aromatic rings. The fraction of sp³-hybridized carbons (Fsp3) is 0.286. The molecule has 1 aromatic carbocycles. The van der Waals surface area contributed by atoms with E-state index in [-0.39, 0.29) is 0 Å². The van der Waals surface area contributed by atoms with Crippen LogP contribution in [0.1, 0.15) is 21.7 Å². The molecule has 0 fully saturated rings. The van der Waals surface area contributed by atoms with Crippen LogP contribution >= 0.6 is 0 Å². The Bertz CT molecular complexity index is 717. The maximum absolute atomic E-state index is 11.0. The molecule has 0 radical (unpaired) electrons. The average molecular weight is 285 g/mol. The van der Waals surface area contributed by atoms with Crippen LogP contribution in [0, 0.1) is 6.92 Å². The van der Waals surface area contributed by atoms with Gasteiger partial charge >= 0.3 is 5.97 Å². The van der Waals surface area contributed by atoms with Gasteiger partial charge in [-0.05, 0) is 37.1 Å². The van der Waals surface area contributed by atoms with E-state index in [0.717, 1.165) is 24.2 Å². The van der Waals surface area contributed by atoms with Crippen LogP contribution in [-0.2, 0) is 6.42 Å². The molecule has 7 nitrogen and oxygen atoms in total. The van der Waals surface area contributed by atoms with E-state index in [0.29, 0.717) is 23.3 Å². The lowest BCUT2D eigenvalue weighted by Crippen LogP contribution is -2.18. The topological polar surface area (TPSA) is 91.2 Å². The highest BCUT2D eigenvalue weighted by Crippen LogP contribution is 2.33. The number of rotatable bonds is 3. The van der Waals surface area contributed by atoms with Crippen LogP contribution in [0.2, 0.25) is 0 Å². The number of nitrogens with one attached hydrogen (secondary N) is 1. The van der Waals surface area contributed by atoms with Crippen molar-refractivity contribution in [2.45, 2.75) is 13.3 Å². The SMILES string of the molecule is CNc1nc(C)nc(N2CCc3cc(C(=O)O)ccc32)n1. The van der Waals surface area contributed by atoms with E-state index in [9.17, 15) is 4.79 Å². The van der Waals surface area contributed by atoms with Crippen molar-refractivity contribution in [3.05, 3.63) is 35.2 Å². The van der Waals surface area contributed by atoms with E-state index in [4.69, 9.17) is 5.11 Å². The molecule has 7 heteroatoms. The minimum Gasteiger partial charge on any atom is -0.478 e. The van der Waals surface area contributed by atoms with Crippen molar-refractivity contribution < 1.29 is 9.90 Å². The van der Waals surface area contributed by atoms with E-state index < -0.39 is 5.97 Å². The van der Waals surface area contributed by atoms with Crippen molar-refractivity contribution in [3.63, 3.8) is 0 Å². The molecule has 1 aliphatic rings. The first-order valence-corrected chi connectivity index (χ1v) is 6.62. The number of hydrogen-bond donors (Lipinski definition) is 2. The molecule has 0 aliphatic carbocycles. The molecule has 0 saturated heterocycles. The fourth-order valence-corrected chi connectivity index (χ4v) is 2.44. The second-order valence-corrected chi connectivity index (χ2v) is 4.81. The quantitative estimate of drug-likeness (QED) is 0.885. The lowest BCUT2D eigenvalue weighted by atomic mass is 10.1. The van der Waals surface area contributed by atoms with Crippen molar-refractivity contribution >= 4 is 23.6 Å². The number of benzene rings is 1. The number of aromatic carboxylic acids is 1. The molecule has 0 atom stereocenters. The summed E-state index contributed by atoms with van der Waals surface area (Å²) >= 11 is 0. The Morgan fingerprint density at radius 1 is 1.33 bits per heavy atom.